The molecule has 0 spiro atoms. The van der Waals surface area contributed by atoms with Crippen molar-refractivity contribution in [2.24, 2.45) is 0 Å². The number of hydrogen-bond acceptors (Lipinski definition) is 6. The highest BCUT2D eigenvalue weighted by molar-refractivity contribution is 7.15. The fourth-order valence-electron chi connectivity index (χ4n) is 3.98. The third-order valence-electron chi connectivity index (χ3n) is 5.59. The number of phenols is 2. The van der Waals surface area contributed by atoms with Gasteiger partial charge in [0.2, 0.25) is 0 Å². The number of phenolic OH excluding ortho intramolecular Hbond substituents is 2. The average molecular weight is 435 g/mol. The summed E-state index contributed by atoms with van der Waals surface area (Å²) in [5.74, 6) is -0.478. The summed E-state index contributed by atoms with van der Waals surface area (Å²) in [7, 11) is 0. The quantitative estimate of drug-likeness (QED) is 0.362. The summed E-state index contributed by atoms with van der Waals surface area (Å²) in [4.78, 5) is 30.1. The third kappa shape index (κ3) is 2.57. The van der Waals surface area contributed by atoms with Crippen LogP contribution in [0.2, 0.25) is 0 Å². The average Bonchev–Trinajstić information content (AvgIpc) is 3.50. The second-order valence-electron chi connectivity index (χ2n) is 7.29. The van der Waals surface area contributed by atoms with Gasteiger partial charge in [0.25, 0.3) is 0 Å². The molecule has 0 aliphatic rings. The lowest BCUT2D eigenvalue weighted by molar-refractivity contribution is 0.478. The second-order valence-corrected chi connectivity index (χ2v) is 9.62. The van der Waals surface area contributed by atoms with Crippen molar-refractivity contribution in [3.63, 3.8) is 0 Å². The molecular formula is C24H18O4S2. The number of benzene rings is 1. The molecule has 0 amide bonds. The Morgan fingerprint density at radius 3 is 1.43 bits per heavy atom. The van der Waals surface area contributed by atoms with Crippen LogP contribution in [0.4, 0.5) is 0 Å². The molecule has 5 rings (SSSR count). The van der Waals surface area contributed by atoms with Crippen LogP contribution in [0.5, 0.6) is 11.5 Å². The number of hydrogen-bond donors (Lipinski definition) is 2. The molecule has 4 nitrogen and oxygen atoms in total. The van der Waals surface area contributed by atoms with Gasteiger partial charge in [-0.25, -0.2) is 0 Å². The van der Waals surface area contributed by atoms with Gasteiger partial charge in [0, 0.05) is 41.4 Å². The van der Waals surface area contributed by atoms with E-state index >= 15 is 0 Å². The Morgan fingerprint density at radius 2 is 1.10 bits per heavy atom. The van der Waals surface area contributed by atoms with Crippen LogP contribution in [0.25, 0.3) is 42.4 Å². The molecule has 5 aromatic rings. The van der Waals surface area contributed by atoms with Crippen LogP contribution in [0.15, 0.2) is 46.0 Å². The van der Waals surface area contributed by atoms with Crippen LogP contribution >= 0.6 is 22.7 Å². The van der Waals surface area contributed by atoms with Crippen molar-refractivity contribution in [2.75, 3.05) is 0 Å². The van der Waals surface area contributed by atoms with Crippen molar-refractivity contribution >= 4 is 44.2 Å². The molecular weight excluding hydrogens is 416 g/mol. The molecule has 3 aromatic carbocycles. The molecule has 2 heterocycles. The van der Waals surface area contributed by atoms with Gasteiger partial charge in [0.15, 0.2) is 10.9 Å². The zero-order valence-corrected chi connectivity index (χ0v) is 18.0. The van der Waals surface area contributed by atoms with E-state index in [0.717, 1.165) is 32.4 Å². The Morgan fingerprint density at radius 1 is 0.700 bits per heavy atom. The summed E-state index contributed by atoms with van der Waals surface area (Å²) in [6, 6.07) is 10.9. The number of thiophene rings is 2. The van der Waals surface area contributed by atoms with E-state index in [1.807, 2.05) is 38.1 Å². The van der Waals surface area contributed by atoms with Crippen molar-refractivity contribution in [1.29, 1.82) is 0 Å². The summed E-state index contributed by atoms with van der Waals surface area (Å²) < 4.78 is 0. The van der Waals surface area contributed by atoms with Crippen LogP contribution in [0, 0.1) is 0 Å². The van der Waals surface area contributed by atoms with Crippen LogP contribution in [-0.2, 0) is 12.8 Å². The summed E-state index contributed by atoms with van der Waals surface area (Å²) >= 11 is 3.03. The summed E-state index contributed by atoms with van der Waals surface area (Å²) in [5, 5.41) is 22.4. The minimum atomic E-state index is -0.330. The van der Waals surface area contributed by atoms with Gasteiger partial charge in [-0.3, -0.25) is 9.59 Å². The van der Waals surface area contributed by atoms with Gasteiger partial charge < -0.3 is 10.2 Å². The lowest BCUT2D eigenvalue weighted by atomic mass is 10.1. The van der Waals surface area contributed by atoms with Gasteiger partial charge in [-0.2, -0.15) is 0 Å². The van der Waals surface area contributed by atoms with Gasteiger partial charge in [-0.1, -0.05) is 13.8 Å². The Balaban J connectivity index is 1.80. The van der Waals surface area contributed by atoms with E-state index in [-0.39, 0.29) is 43.9 Å². The first-order valence-electron chi connectivity index (χ1n) is 9.77. The summed E-state index contributed by atoms with van der Waals surface area (Å²) in [6.07, 6.45) is 1.74. The first kappa shape index (κ1) is 19.0. The zero-order valence-electron chi connectivity index (χ0n) is 16.4. The Bertz CT molecular complexity index is 1410. The highest BCUT2D eigenvalue weighted by Crippen LogP contribution is 2.44. The van der Waals surface area contributed by atoms with Gasteiger partial charge >= 0.3 is 0 Å². The van der Waals surface area contributed by atoms with Crippen LogP contribution in [0.3, 0.4) is 0 Å². The van der Waals surface area contributed by atoms with Crippen molar-refractivity contribution in [1.82, 2.24) is 0 Å². The van der Waals surface area contributed by atoms with E-state index in [1.165, 1.54) is 22.7 Å². The lowest BCUT2D eigenvalue weighted by Gasteiger charge is -2.01. The van der Waals surface area contributed by atoms with Crippen molar-refractivity contribution in [2.45, 2.75) is 26.7 Å². The smallest absolute Gasteiger partial charge is 0.198 e. The van der Waals surface area contributed by atoms with Gasteiger partial charge in [0.1, 0.15) is 11.5 Å². The molecule has 2 N–H and O–H groups in total. The third-order valence-corrected chi connectivity index (χ3v) is 8.12. The van der Waals surface area contributed by atoms with Crippen LogP contribution in [-0.4, -0.2) is 10.2 Å². The van der Waals surface area contributed by atoms with Gasteiger partial charge in [-0.05, 0) is 49.2 Å². The van der Waals surface area contributed by atoms with Crippen molar-refractivity contribution in [3.8, 4) is 32.4 Å². The Hall–Kier alpha value is -2.96. The van der Waals surface area contributed by atoms with Crippen LogP contribution in [0.1, 0.15) is 23.6 Å². The van der Waals surface area contributed by atoms with Crippen molar-refractivity contribution in [3.05, 3.63) is 66.6 Å². The fourth-order valence-corrected chi connectivity index (χ4v) is 5.90. The van der Waals surface area contributed by atoms with E-state index in [9.17, 15) is 19.8 Å². The molecule has 0 atom stereocenters. The number of aryl methyl sites for hydroxylation is 2. The maximum Gasteiger partial charge on any atom is 0.198 e. The minimum absolute atomic E-state index is 0.0680. The minimum Gasteiger partial charge on any atom is -0.506 e. The zero-order chi connectivity index (χ0) is 21.2. The lowest BCUT2D eigenvalue weighted by Crippen LogP contribution is -1.99. The molecule has 2 aromatic heterocycles. The van der Waals surface area contributed by atoms with E-state index < -0.39 is 0 Å². The normalized spacial score (nSPS) is 11.8. The highest BCUT2D eigenvalue weighted by atomic mass is 32.1. The predicted octanol–water partition coefficient (Wildman–Crippen LogP) is 5.58. The molecule has 0 aliphatic carbocycles. The molecule has 0 radical (unpaired) electrons. The summed E-state index contributed by atoms with van der Waals surface area (Å²) in [6.45, 7) is 4.09. The first-order valence-corrected chi connectivity index (χ1v) is 11.4. The molecule has 0 bridgehead atoms. The standard InChI is InChI=1S/C24H18O4S2/c1-3-11-5-7-17(29-11)13-9-15-19(21(13)25)24(28)16-10-14(22(26)20(16)23(15)27)18-8-6-12(4-2)30-18/h5-10,27-28H,3-4H2,1-2H3. The number of rotatable bonds is 4. The van der Waals surface area contributed by atoms with E-state index in [1.54, 1.807) is 12.1 Å². The van der Waals surface area contributed by atoms with Crippen molar-refractivity contribution < 1.29 is 10.2 Å². The second kappa shape index (κ2) is 6.79. The largest absolute Gasteiger partial charge is 0.506 e. The maximum atomic E-state index is 13.1. The Labute approximate surface area is 180 Å². The fraction of sp³-hybridized carbons (Fsp3) is 0.167. The number of fused-ring (bicyclic) bond motifs is 2. The van der Waals surface area contributed by atoms with Gasteiger partial charge in [-0.15, -0.1) is 22.7 Å². The van der Waals surface area contributed by atoms with E-state index in [0.29, 0.717) is 11.1 Å². The molecule has 0 fully saturated rings. The number of aromatic hydroxyl groups is 2. The molecule has 0 saturated heterocycles. The van der Waals surface area contributed by atoms with Crippen LogP contribution < -0.4 is 10.9 Å². The van der Waals surface area contributed by atoms with Gasteiger partial charge in [0.05, 0.1) is 10.8 Å². The molecule has 6 heteroatoms. The molecule has 150 valence electrons. The highest BCUT2D eigenvalue weighted by Gasteiger charge is 2.25. The molecule has 0 unspecified atom stereocenters. The molecule has 0 saturated carbocycles. The molecule has 30 heavy (non-hydrogen) atoms. The monoisotopic (exact) mass is 434 g/mol. The maximum absolute atomic E-state index is 13.1. The predicted molar refractivity (Wildman–Crippen MR) is 125 cm³/mol. The SMILES string of the molecule is CCc1ccc(-c2cc3c(O)c4c(=O)c(-c5ccc(CC)s5)cc4c(O)c3c2=O)s1. The van der Waals surface area contributed by atoms with E-state index in [2.05, 4.69) is 0 Å². The first-order chi connectivity index (χ1) is 14.4. The summed E-state index contributed by atoms with van der Waals surface area (Å²) in [5.41, 5.74) is 0.213. The topological polar surface area (TPSA) is 74.6 Å². The molecule has 0 aliphatic heterocycles. The Kier molecular flexibility index (Phi) is 4.31. The van der Waals surface area contributed by atoms with E-state index in [4.69, 9.17) is 0 Å².